The Balaban J connectivity index is 1.35. The van der Waals surface area contributed by atoms with Crippen molar-refractivity contribution in [2.24, 2.45) is 0 Å². The van der Waals surface area contributed by atoms with Gasteiger partial charge in [-0.15, -0.1) is 0 Å². The summed E-state index contributed by atoms with van der Waals surface area (Å²) in [4.78, 5) is 36.6. The van der Waals surface area contributed by atoms with Crippen LogP contribution in [0.25, 0.3) is 16.8 Å². The maximum atomic E-state index is 13.3. The summed E-state index contributed by atoms with van der Waals surface area (Å²) >= 11 is 6.01. The van der Waals surface area contributed by atoms with E-state index >= 15 is 0 Å². The van der Waals surface area contributed by atoms with E-state index in [4.69, 9.17) is 25.8 Å². The van der Waals surface area contributed by atoms with Gasteiger partial charge < -0.3 is 24.8 Å². The molecule has 0 saturated carbocycles. The molecule has 1 aliphatic rings. The fourth-order valence-electron chi connectivity index (χ4n) is 4.17. The lowest BCUT2D eigenvalue weighted by atomic mass is 10.1. The van der Waals surface area contributed by atoms with Gasteiger partial charge in [0.1, 0.15) is 23.8 Å². The van der Waals surface area contributed by atoms with E-state index in [1.165, 1.54) is 29.8 Å². The molecule has 208 valence electrons. The molecule has 4 aromatic rings. The van der Waals surface area contributed by atoms with Crippen LogP contribution < -0.4 is 25.7 Å². The minimum atomic E-state index is -0.636. The van der Waals surface area contributed by atoms with Crippen LogP contribution in [-0.2, 0) is 4.74 Å². The Morgan fingerprint density at radius 2 is 1.88 bits per heavy atom. The molecule has 11 nitrogen and oxygen atoms in total. The number of amides is 2. The van der Waals surface area contributed by atoms with Gasteiger partial charge in [0.15, 0.2) is 0 Å². The zero-order valence-corrected chi connectivity index (χ0v) is 22.3. The Hall–Kier alpha value is -4.26. The molecule has 0 atom stereocenters. The number of urea groups is 1. The average Bonchev–Trinajstić information content (AvgIpc) is 2.96. The molecule has 1 aromatic carbocycles. The molecule has 1 fully saturated rings. The lowest BCUT2D eigenvalue weighted by Gasteiger charge is -2.26. The summed E-state index contributed by atoms with van der Waals surface area (Å²) in [6.07, 6.45) is 4.62. The number of anilines is 2. The quantitative estimate of drug-likeness (QED) is 0.328. The van der Waals surface area contributed by atoms with Crippen molar-refractivity contribution in [1.82, 2.24) is 19.3 Å². The molecule has 0 bridgehead atoms. The van der Waals surface area contributed by atoms with Crippen molar-refractivity contribution in [2.45, 2.75) is 0 Å². The number of benzene rings is 1. The SMILES string of the molecule is COc1ncc(-c2ccc3ncc(OCCN4CCOCC4)c(=O)n3c2)cc1NC(=O)Nc1ccc(F)cc1Cl. The number of hydrogen-bond acceptors (Lipinski definition) is 8. The standard InChI is InChI=1S/C27H26ClFN6O5/c1-38-25-22(33-27(37)32-21-4-3-19(29)13-20(21)28)12-18(14-31-25)17-2-5-24-30-15-23(26(36)35(24)16-17)40-11-8-34-6-9-39-10-7-34/h2-5,12-16H,6-11H2,1H3,(H2,32,33,37). The normalized spacial score (nSPS) is 13.7. The van der Waals surface area contributed by atoms with Gasteiger partial charge in [0.05, 0.1) is 37.2 Å². The minimum Gasteiger partial charge on any atom is -0.485 e. The van der Waals surface area contributed by atoms with E-state index in [9.17, 15) is 14.0 Å². The fourth-order valence-corrected chi connectivity index (χ4v) is 4.38. The van der Waals surface area contributed by atoms with Gasteiger partial charge in [-0.05, 0) is 36.4 Å². The highest BCUT2D eigenvalue weighted by atomic mass is 35.5. The molecule has 0 radical (unpaired) electrons. The zero-order chi connectivity index (χ0) is 28.1. The maximum Gasteiger partial charge on any atom is 0.323 e. The van der Waals surface area contributed by atoms with Crippen LogP contribution in [0.2, 0.25) is 5.02 Å². The van der Waals surface area contributed by atoms with Crippen molar-refractivity contribution in [1.29, 1.82) is 0 Å². The third-order valence-electron chi connectivity index (χ3n) is 6.24. The highest BCUT2D eigenvalue weighted by Gasteiger charge is 2.15. The second-order valence-electron chi connectivity index (χ2n) is 8.86. The first-order valence-corrected chi connectivity index (χ1v) is 12.8. The Morgan fingerprint density at radius 1 is 1.07 bits per heavy atom. The van der Waals surface area contributed by atoms with Crippen LogP contribution in [0.1, 0.15) is 0 Å². The summed E-state index contributed by atoms with van der Waals surface area (Å²) in [5.41, 5.74) is 1.84. The summed E-state index contributed by atoms with van der Waals surface area (Å²) in [7, 11) is 1.42. The molecule has 1 aliphatic heterocycles. The van der Waals surface area contributed by atoms with Gasteiger partial charge in [0, 0.05) is 43.2 Å². The molecule has 4 heterocycles. The van der Waals surface area contributed by atoms with Crippen LogP contribution in [0.15, 0.2) is 59.8 Å². The van der Waals surface area contributed by atoms with Crippen LogP contribution in [0, 0.1) is 5.82 Å². The van der Waals surface area contributed by atoms with Crippen molar-refractivity contribution in [3.63, 3.8) is 0 Å². The molecule has 0 spiro atoms. The molecular formula is C27H26ClFN6O5. The molecule has 1 saturated heterocycles. The summed E-state index contributed by atoms with van der Waals surface area (Å²) in [6, 6.07) is 8.13. The first-order chi connectivity index (χ1) is 19.4. The number of halogens is 2. The van der Waals surface area contributed by atoms with Gasteiger partial charge in [-0.25, -0.2) is 19.2 Å². The van der Waals surface area contributed by atoms with Gasteiger partial charge in [0.25, 0.3) is 5.56 Å². The summed E-state index contributed by atoms with van der Waals surface area (Å²) in [6.45, 7) is 4.07. The number of nitrogens with zero attached hydrogens (tertiary/aromatic N) is 4. The number of carbonyl (C=O) groups is 1. The molecule has 0 aliphatic carbocycles. The van der Waals surface area contributed by atoms with E-state index in [-0.39, 0.29) is 33.6 Å². The number of aromatic nitrogens is 3. The van der Waals surface area contributed by atoms with Crippen molar-refractivity contribution in [3.8, 4) is 22.8 Å². The number of pyridine rings is 2. The number of morpholine rings is 1. The Kier molecular flexibility index (Phi) is 8.39. The topological polar surface area (TPSA) is 119 Å². The highest BCUT2D eigenvalue weighted by Crippen LogP contribution is 2.29. The predicted molar refractivity (Wildman–Crippen MR) is 148 cm³/mol. The van der Waals surface area contributed by atoms with E-state index in [2.05, 4.69) is 25.5 Å². The van der Waals surface area contributed by atoms with Crippen molar-refractivity contribution in [2.75, 3.05) is 57.2 Å². The van der Waals surface area contributed by atoms with Crippen LogP contribution in [0.5, 0.6) is 11.6 Å². The lowest BCUT2D eigenvalue weighted by Crippen LogP contribution is -2.38. The van der Waals surface area contributed by atoms with Gasteiger partial charge in [-0.1, -0.05) is 11.6 Å². The number of fused-ring (bicyclic) bond motifs is 1. The predicted octanol–water partition coefficient (Wildman–Crippen LogP) is 3.91. The number of carbonyl (C=O) groups excluding carboxylic acids is 1. The molecule has 40 heavy (non-hydrogen) atoms. The third kappa shape index (κ3) is 6.30. The third-order valence-corrected chi connectivity index (χ3v) is 6.56. The van der Waals surface area contributed by atoms with E-state index in [0.717, 1.165) is 19.2 Å². The van der Waals surface area contributed by atoms with Crippen molar-refractivity contribution >= 4 is 34.7 Å². The molecule has 2 N–H and O–H groups in total. The van der Waals surface area contributed by atoms with Gasteiger partial charge in [-0.2, -0.15) is 0 Å². The number of rotatable bonds is 8. The Morgan fingerprint density at radius 3 is 2.65 bits per heavy atom. The minimum absolute atomic E-state index is 0.0497. The smallest absolute Gasteiger partial charge is 0.323 e. The van der Waals surface area contributed by atoms with Gasteiger partial charge in [0.2, 0.25) is 11.6 Å². The van der Waals surface area contributed by atoms with Crippen molar-refractivity contribution in [3.05, 3.63) is 76.2 Å². The monoisotopic (exact) mass is 568 g/mol. The number of nitrogens with one attached hydrogen (secondary N) is 2. The molecule has 5 rings (SSSR count). The zero-order valence-electron chi connectivity index (χ0n) is 21.5. The Bertz CT molecular complexity index is 1590. The van der Waals surface area contributed by atoms with Gasteiger partial charge in [-0.3, -0.25) is 14.1 Å². The van der Waals surface area contributed by atoms with E-state index in [1.54, 1.807) is 30.6 Å². The van der Waals surface area contributed by atoms with Crippen LogP contribution >= 0.6 is 11.6 Å². The van der Waals surface area contributed by atoms with Crippen LogP contribution in [0.4, 0.5) is 20.6 Å². The average molecular weight is 569 g/mol. The molecular weight excluding hydrogens is 543 g/mol. The first-order valence-electron chi connectivity index (χ1n) is 12.4. The molecule has 13 heteroatoms. The fraction of sp³-hybridized carbons (Fsp3) is 0.259. The van der Waals surface area contributed by atoms with Crippen LogP contribution in [-0.4, -0.2) is 71.9 Å². The summed E-state index contributed by atoms with van der Waals surface area (Å²) in [5, 5.41) is 5.28. The summed E-state index contributed by atoms with van der Waals surface area (Å²) in [5.74, 6) is -0.209. The second-order valence-corrected chi connectivity index (χ2v) is 9.27. The van der Waals surface area contributed by atoms with E-state index < -0.39 is 11.8 Å². The molecule has 2 amide bonds. The number of hydrogen-bond donors (Lipinski definition) is 2. The van der Waals surface area contributed by atoms with E-state index in [1.807, 2.05) is 0 Å². The van der Waals surface area contributed by atoms with Crippen molar-refractivity contribution < 1.29 is 23.4 Å². The second kappa shape index (κ2) is 12.3. The molecule has 0 unspecified atom stereocenters. The number of ether oxygens (including phenoxy) is 3. The summed E-state index contributed by atoms with van der Waals surface area (Å²) < 4.78 is 31.1. The van der Waals surface area contributed by atoms with E-state index in [0.29, 0.717) is 43.1 Å². The number of methoxy groups -OCH3 is 1. The largest absolute Gasteiger partial charge is 0.485 e. The molecule has 3 aromatic heterocycles. The lowest BCUT2D eigenvalue weighted by molar-refractivity contribution is 0.0321. The van der Waals surface area contributed by atoms with Gasteiger partial charge >= 0.3 is 6.03 Å². The van der Waals surface area contributed by atoms with Crippen LogP contribution in [0.3, 0.4) is 0 Å². The first kappa shape index (κ1) is 27.3. The Labute approximate surface area is 233 Å². The maximum absolute atomic E-state index is 13.3. The highest BCUT2D eigenvalue weighted by molar-refractivity contribution is 6.33.